The first kappa shape index (κ1) is 20.2. The van der Waals surface area contributed by atoms with Crippen molar-refractivity contribution in [2.45, 2.75) is 65.4 Å². The molecule has 0 saturated carbocycles. The highest BCUT2D eigenvalue weighted by atomic mass is 16.6. The second-order valence-electron chi connectivity index (χ2n) is 9.27. The van der Waals surface area contributed by atoms with E-state index in [1.807, 2.05) is 31.2 Å². The fourth-order valence-electron chi connectivity index (χ4n) is 3.26. The van der Waals surface area contributed by atoms with E-state index in [9.17, 15) is 4.79 Å². The Balaban J connectivity index is 2.02. The van der Waals surface area contributed by atoms with Crippen molar-refractivity contribution in [2.24, 2.45) is 0 Å². The van der Waals surface area contributed by atoms with Gasteiger partial charge in [0.1, 0.15) is 17.2 Å². The lowest BCUT2D eigenvalue weighted by molar-refractivity contribution is -0.139. The summed E-state index contributed by atoms with van der Waals surface area (Å²) in [6, 6.07) is 11.5. The Morgan fingerprint density at radius 1 is 0.929 bits per heavy atom. The molecule has 28 heavy (non-hydrogen) atoms. The first-order valence-corrected chi connectivity index (χ1v) is 9.81. The van der Waals surface area contributed by atoms with Gasteiger partial charge in [-0.15, -0.1) is 0 Å². The Morgan fingerprint density at radius 3 is 2.07 bits per heavy atom. The summed E-state index contributed by atoms with van der Waals surface area (Å²) in [6.07, 6.45) is -0.767. The lowest BCUT2D eigenvalue weighted by atomic mass is 9.78. The van der Waals surface area contributed by atoms with E-state index in [1.54, 1.807) is 0 Å². The smallest absolute Gasteiger partial charge is 0.357 e. The van der Waals surface area contributed by atoms with Crippen molar-refractivity contribution in [2.75, 3.05) is 6.61 Å². The van der Waals surface area contributed by atoms with Crippen molar-refractivity contribution in [3.63, 3.8) is 0 Å². The van der Waals surface area contributed by atoms with Gasteiger partial charge in [0.05, 0.1) is 6.61 Å². The SMILES string of the molecule is CCOc1ccc(OC2C(=O)Oc3c2cc(C(C)(C)C)cc3C(C)(C)C)cc1. The molecule has 2 aromatic rings. The number of carbonyl (C=O) groups is 1. The van der Waals surface area contributed by atoms with Gasteiger partial charge in [0.2, 0.25) is 6.10 Å². The standard InChI is InChI=1S/C24H30O4/c1-8-26-16-9-11-17(12-10-16)27-21-18-13-15(23(2,3)4)14-19(24(5,6)7)20(18)28-22(21)25/h9-14,21H,8H2,1-7H3. The number of carbonyl (C=O) groups excluding carboxylic acids is 1. The topological polar surface area (TPSA) is 44.8 Å². The second-order valence-corrected chi connectivity index (χ2v) is 9.27. The molecular formula is C24H30O4. The summed E-state index contributed by atoms with van der Waals surface area (Å²) in [6.45, 7) is 15.4. The lowest BCUT2D eigenvalue weighted by Gasteiger charge is -2.27. The van der Waals surface area contributed by atoms with E-state index in [4.69, 9.17) is 14.2 Å². The fraction of sp³-hybridized carbons (Fsp3) is 0.458. The van der Waals surface area contributed by atoms with Crippen LogP contribution >= 0.6 is 0 Å². The monoisotopic (exact) mass is 382 g/mol. The van der Waals surface area contributed by atoms with Crippen molar-refractivity contribution < 1.29 is 19.0 Å². The van der Waals surface area contributed by atoms with Crippen LogP contribution < -0.4 is 14.2 Å². The maximum atomic E-state index is 12.7. The first-order valence-electron chi connectivity index (χ1n) is 9.81. The third kappa shape index (κ3) is 4.01. The Kier molecular flexibility index (Phi) is 5.18. The van der Waals surface area contributed by atoms with Gasteiger partial charge >= 0.3 is 5.97 Å². The van der Waals surface area contributed by atoms with Gasteiger partial charge in [-0.3, -0.25) is 0 Å². The van der Waals surface area contributed by atoms with Gasteiger partial charge in [-0.05, 0) is 53.6 Å². The van der Waals surface area contributed by atoms with Crippen LogP contribution in [0, 0.1) is 0 Å². The maximum absolute atomic E-state index is 12.7. The average Bonchev–Trinajstić information content (AvgIpc) is 2.90. The van der Waals surface area contributed by atoms with Gasteiger partial charge in [0, 0.05) is 11.1 Å². The molecule has 4 nitrogen and oxygen atoms in total. The Hall–Kier alpha value is -2.49. The molecule has 1 aliphatic rings. The van der Waals surface area contributed by atoms with Gasteiger partial charge in [-0.2, -0.15) is 0 Å². The average molecular weight is 383 g/mol. The number of hydrogen-bond acceptors (Lipinski definition) is 4. The highest BCUT2D eigenvalue weighted by Crippen LogP contribution is 2.45. The third-order valence-electron chi connectivity index (χ3n) is 4.88. The van der Waals surface area contributed by atoms with Crippen LogP contribution in [0.25, 0.3) is 0 Å². The van der Waals surface area contributed by atoms with Crippen molar-refractivity contribution in [1.29, 1.82) is 0 Å². The van der Waals surface area contributed by atoms with E-state index in [2.05, 4.69) is 53.7 Å². The highest BCUT2D eigenvalue weighted by molar-refractivity contribution is 5.86. The second kappa shape index (κ2) is 7.16. The quantitative estimate of drug-likeness (QED) is 0.501. The number of ether oxygens (including phenoxy) is 3. The fourth-order valence-corrected chi connectivity index (χ4v) is 3.26. The van der Waals surface area contributed by atoms with E-state index in [-0.39, 0.29) is 16.8 Å². The van der Waals surface area contributed by atoms with Crippen LogP contribution in [-0.4, -0.2) is 12.6 Å². The van der Waals surface area contributed by atoms with E-state index < -0.39 is 6.10 Å². The molecule has 0 aliphatic carbocycles. The van der Waals surface area contributed by atoms with Crippen LogP contribution in [0.4, 0.5) is 0 Å². The molecule has 0 fully saturated rings. The zero-order valence-electron chi connectivity index (χ0n) is 17.9. The zero-order valence-corrected chi connectivity index (χ0v) is 17.9. The third-order valence-corrected chi connectivity index (χ3v) is 4.88. The van der Waals surface area contributed by atoms with Crippen molar-refractivity contribution in [1.82, 2.24) is 0 Å². The van der Waals surface area contributed by atoms with Crippen LogP contribution in [0.3, 0.4) is 0 Å². The molecule has 0 saturated heterocycles. The maximum Gasteiger partial charge on any atom is 0.357 e. The number of hydrogen-bond donors (Lipinski definition) is 0. The molecule has 0 radical (unpaired) electrons. The van der Waals surface area contributed by atoms with E-state index in [1.165, 1.54) is 0 Å². The van der Waals surface area contributed by atoms with Crippen molar-refractivity contribution >= 4 is 5.97 Å². The predicted octanol–water partition coefficient (Wildman–Crippen LogP) is 5.72. The normalized spacial score (nSPS) is 16.5. The minimum atomic E-state index is -0.767. The molecule has 150 valence electrons. The number of fused-ring (bicyclic) bond motifs is 1. The van der Waals surface area contributed by atoms with Gasteiger partial charge in [-0.25, -0.2) is 4.79 Å². The molecule has 2 aromatic carbocycles. The van der Waals surface area contributed by atoms with Crippen LogP contribution in [0.1, 0.15) is 71.3 Å². The van der Waals surface area contributed by atoms with Crippen molar-refractivity contribution in [3.8, 4) is 17.2 Å². The molecule has 0 bridgehead atoms. The molecule has 0 spiro atoms. The largest absolute Gasteiger partial charge is 0.494 e. The van der Waals surface area contributed by atoms with Crippen LogP contribution in [-0.2, 0) is 15.6 Å². The molecule has 1 unspecified atom stereocenters. The molecule has 0 amide bonds. The minimum Gasteiger partial charge on any atom is -0.494 e. The Bertz CT molecular complexity index is 867. The van der Waals surface area contributed by atoms with Gasteiger partial charge in [-0.1, -0.05) is 47.6 Å². The van der Waals surface area contributed by atoms with E-state index in [0.717, 1.165) is 22.4 Å². The van der Waals surface area contributed by atoms with Crippen LogP contribution in [0.15, 0.2) is 36.4 Å². The molecular weight excluding hydrogens is 352 g/mol. The minimum absolute atomic E-state index is 0.0512. The van der Waals surface area contributed by atoms with Crippen LogP contribution in [0.5, 0.6) is 17.2 Å². The summed E-state index contributed by atoms with van der Waals surface area (Å²) < 4.78 is 17.2. The molecule has 4 heteroatoms. The predicted molar refractivity (Wildman–Crippen MR) is 110 cm³/mol. The summed E-state index contributed by atoms with van der Waals surface area (Å²) in [5, 5.41) is 0. The molecule has 0 aromatic heterocycles. The number of benzene rings is 2. The van der Waals surface area contributed by atoms with Gasteiger partial charge in [0.15, 0.2) is 0 Å². The Labute approximate surface area is 167 Å². The molecule has 1 atom stereocenters. The summed E-state index contributed by atoms with van der Waals surface area (Å²) in [7, 11) is 0. The highest BCUT2D eigenvalue weighted by Gasteiger charge is 2.40. The number of rotatable bonds is 4. The molecule has 1 aliphatic heterocycles. The Morgan fingerprint density at radius 2 is 1.54 bits per heavy atom. The number of esters is 1. The summed E-state index contributed by atoms with van der Waals surface area (Å²) in [5.41, 5.74) is 2.79. The van der Waals surface area contributed by atoms with E-state index >= 15 is 0 Å². The van der Waals surface area contributed by atoms with Gasteiger partial charge < -0.3 is 14.2 Å². The van der Waals surface area contributed by atoms with E-state index in [0.29, 0.717) is 18.1 Å². The molecule has 0 N–H and O–H groups in total. The lowest BCUT2D eigenvalue weighted by Crippen LogP contribution is -2.18. The molecule has 3 rings (SSSR count). The summed E-state index contributed by atoms with van der Waals surface area (Å²) in [5.74, 6) is 1.65. The molecule has 1 heterocycles. The summed E-state index contributed by atoms with van der Waals surface area (Å²) >= 11 is 0. The van der Waals surface area contributed by atoms with Crippen molar-refractivity contribution in [3.05, 3.63) is 53.1 Å². The van der Waals surface area contributed by atoms with Crippen LogP contribution in [0.2, 0.25) is 0 Å². The first-order chi connectivity index (χ1) is 13.0. The van der Waals surface area contributed by atoms with Gasteiger partial charge in [0.25, 0.3) is 0 Å². The zero-order chi connectivity index (χ0) is 20.7. The summed E-state index contributed by atoms with van der Waals surface area (Å²) in [4.78, 5) is 12.7.